The Balaban J connectivity index is 1.45. The average Bonchev–Trinajstić information content (AvgIpc) is 2.86. The van der Waals surface area contributed by atoms with Crippen molar-refractivity contribution in [2.24, 2.45) is 0 Å². The van der Waals surface area contributed by atoms with Gasteiger partial charge in [0.15, 0.2) is 0 Å². The first-order chi connectivity index (χ1) is 16.4. The van der Waals surface area contributed by atoms with Gasteiger partial charge in [-0.2, -0.15) is 0 Å². The molecular weight excluding hydrogens is 524 g/mol. The number of fused-ring (bicyclic) bond motifs is 1. The molecule has 10 heteroatoms. The molecule has 1 N–H and O–H groups in total. The Bertz CT molecular complexity index is 1150. The molecule has 4 rings (SSSR count). The number of rotatable bonds is 8. The van der Waals surface area contributed by atoms with E-state index in [1.807, 2.05) is 30.3 Å². The van der Waals surface area contributed by atoms with Crippen LogP contribution in [0.1, 0.15) is 11.1 Å². The largest absolute Gasteiger partial charge is 0.497 e. The number of halogens is 1. The van der Waals surface area contributed by atoms with Gasteiger partial charge in [-0.15, -0.1) is 0 Å². The fourth-order valence-corrected chi connectivity index (χ4v) is 6.30. The maximum atomic E-state index is 13.0. The number of methoxy groups -OCH3 is 1. The summed E-state index contributed by atoms with van der Waals surface area (Å²) in [5, 5.41) is 2.15. The second-order valence-electron chi connectivity index (χ2n) is 7.84. The summed E-state index contributed by atoms with van der Waals surface area (Å²) in [6.07, 6.45) is 0.100. The number of amides is 2. The molecule has 0 spiro atoms. The van der Waals surface area contributed by atoms with E-state index in [4.69, 9.17) is 9.47 Å². The van der Waals surface area contributed by atoms with Crippen LogP contribution < -0.4 is 10.1 Å². The second-order valence-corrected chi connectivity index (χ2v) is 9.94. The minimum Gasteiger partial charge on any atom is -0.497 e. The lowest BCUT2D eigenvalue weighted by atomic mass is 10.0. The Labute approximate surface area is 207 Å². The zero-order valence-electron chi connectivity index (χ0n) is 18.4. The predicted octanol–water partition coefficient (Wildman–Crippen LogP) is 2.05. The topological polar surface area (TPSA) is 102 Å². The number of alkyl halides is 1. The van der Waals surface area contributed by atoms with E-state index in [2.05, 4.69) is 21.2 Å². The van der Waals surface area contributed by atoms with Crippen LogP contribution in [0.5, 0.6) is 5.75 Å². The first kappa shape index (κ1) is 24.2. The van der Waals surface area contributed by atoms with E-state index >= 15 is 0 Å². The second kappa shape index (κ2) is 10.5. The Kier molecular flexibility index (Phi) is 7.47. The quantitative estimate of drug-likeness (QED) is 0.309. The van der Waals surface area contributed by atoms with Crippen molar-refractivity contribution in [3.63, 3.8) is 0 Å². The highest BCUT2D eigenvalue weighted by Crippen LogP contribution is 2.36. The highest BCUT2D eigenvalue weighted by Gasteiger charge is 2.57. The molecule has 1 fully saturated rings. The third-order valence-electron chi connectivity index (χ3n) is 5.61. The van der Waals surface area contributed by atoms with Crippen LogP contribution in [0.2, 0.25) is 0 Å². The lowest BCUT2D eigenvalue weighted by molar-refractivity contribution is -0.153. The zero-order chi connectivity index (χ0) is 24.2. The minimum absolute atomic E-state index is 0.00885. The summed E-state index contributed by atoms with van der Waals surface area (Å²) in [5.41, 5.74) is 2.18. The summed E-state index contributed by atoms with van der Waals surface area (Å²) >= 11 is 3.32. The summed E-state index contributed by atoms with van der Waals surface area (Å²) < 4.78 is 23.5. The third-order valence-corrected chi connectivity index (χ3v) is 7.94. The number of hydrogen-bond donors (Lipinski definition) is 1. The molecule has 2 aliphatic heterocycles. The van der Waals surface area contributed by atoms with Crippen molar-refractivity contribution < 1.29 is 28.1 Å². The number of nitrogens with one attached hydrogen (secondary N) is 1. The monoisotopic (exact) mass is 546 g/mol. The third kappa shape index (κ3) is 4.92. The summed E-state index contributed by atoms with van der Waals surface area (Å²) in [4.78, 5) is 39.6. The SMILES string of the molecule is COc1ccc(COC(=O)C2=C(CBr)CS(=O)[C@@H]3[C@H](NC(=O)Cc4ccccc4)C(=O)N23)cc1. The maximum Gasteiger partial charge on any atom is 0.355 e. The molecule has 34 heavy (non-hydrogen) atoms. The first-order valence-electron chi connectivity index (χ1n) is 10.5. The average molecular weight is 547 g/mol. The lowest BCUT2D eigenvalue weighted by Crippen LogP contribution is -2.73. The van der Waals surface area contributed by atoms with Gasteiger partial charge in [0.05, 0.1) is 30.1 Å². The molecule has 8 nitrogen and oxygen atoms in total. The standard InChI is InChI=1S/C24H23BrN2O6S/c1-32-18-9-7-16(8-10-18)13-33-24(30)21-17(12-25)14-34(31)23-20(22(29)27(21)23)26-19(28)11-15-5-3-2-4-6-15/h2-10,20,23H,11-14H2,1H3,(H,26,28)/t20-,23-,34?/m1/s1. The van der Waals surface area contributed by atoms with Crippen LogP contribution >= 0.6 is 15.9 Å². The van der Waals surface area contributed by atoms with E-state index in [1.54, 1.807) is 31.4 Å². The molecule has 0 saturated carbocycles. The molecule has 1 unspecified atom stereocenters. The van der Waals surface area contributed by atoms with Gasteiger partial charge < -0.3 is 14.8 Å². The maximum absolute atomic E-state index is 13.0. The van der Waals surface area contributed by atoms with E-state index in [0.29, 0.717) is 11.3 Å². The molecule has 2 amide bonds. The Morgan fingerprint density at radius 1 is 1.12 bits per heavy atom. The molecule has 2 heterocycles. The Hall–Kier alpha value is -2.98. The van der Waals surface area contributed by atoms with Crippen LogP contribution in [0.3, 0.4) is 0 Å². The van der Waals surface area contributed by atoms with Crippen molar-refractivity contribution in [1.82, 2.24) is 10.2 Å². The molecule has 2 aliphatic rings. The van der Waals surface area contributed by atoms with E-state index in [9.17, 15) is 18.6 Å². The molecule has 1 saturated heterocycles. The number of benzene rings is 2. The van der Waals surface area contributed by atoms with Gasteiger partial charge in [0.2, 0.25) is 5.91 Å². The van der Waals surface area contributed by atoms with Gasteiger partial charge in [-0.1, -0.05) is 58.4 Å². The van der Waals surface area contributed by atoms with E-state index in [-0.39, 0.29) is 35.7 Å². The van der Waals surface area contributed by atoms with Gasteiger partial charge in [0.25, 0.3) is 5.91 Å². The molecule has 178 valence electrons. The summed E-state index contributed by atoms with van der Waals surface area (Å²) in [6.45, 7) is 0.00885. The van der Waals surface area contributed by atoms with Crippen molar-refractivity contribution >= 4 is 44.5 Å². The van der Waals surface area contributed by atoms with Crippen LogP contribution in [-0.4, -0.2) is 56.5 Å². The van der Waals surface area contributed by atoms with Gasteiger partial charge >= 0.3 is 5.97 Å². The summed E-state index contributed by atoms with van der Waals surface area (Å²) in [7, 11) is 0.0917. The van der Waals surface area contributed by atoms with Crippen LogP contribution in [0.15, 0.2) is 65.9 Å². The van der Waals surface area contributed by atoms with Crippen molar-refractivity contribution in [3.8, 4) is 5.75 Å². The molecule has 2 aromatic carbocycles. The molecule has 2 aromatic rings. The molecule has 0 aliphatic carbocycles. The van der Waals surface area contributed by atoms with Crippen LogP contribution in [0, 0.1) is 0 Å². The smallest absolute Gasteiger partial charge is 0.355 e. The van der Waals surface area contributed by atoms with Gasteiger partial charge in [0.1, 0.15) is 29.5 Å². The molecule has 3 atom stereocenters. The van der Waals surface area contributed by atoms with E-state index in [0.717, 1.165) is 11.1 Å². The minimum atomic E-state index is -1.47. The number of carbonyl (C=O) groups excluding carboxylic acids is 3. The van der Waals surface area contributed by atoms with Gasteiger partial charge in [-0.3, -0.25) is 18.7 Å². The van der Waals surface area contributed by atoms with Crippen LogP contribution in [0.25, 0.3) is 0 Å². The molecule has 0 radical (unpaired) electrons. The summed E-state index contributed by atoms with van der Waals surface area (Å²) in [6, 6.07) is 15.2. The number of carbonyl (C=O) groups is 3. The fourth-order valence-electron chi connectivity index (χ4n) is 3.89. The number of hydrogen-bond acceptors (Lipinski definition) is 6. The number of β-lactam (4-membered cyclic amide) rings is 1. The molecule has 0 aromatic heterocycles. The highest BCUT2D eigenvalue weighted by molar-refractivity contribution is 9.09. The number of ether oxygens (including phenoxy) is 2. The predicted molar refractivity (Wildman–Crippen MR) is 129 cm³/mol. The Morgan fingerprint density at radius 2 is 1.82 bits per heavy atom. The van der Waals surface area contributed by atoms with Crippen molar-refractivity contribution in [2.45, 2.75) is 24.4 Å². The Morgan fingerprint density at radius 3 is 2.47 bits per heavy atom. The van der Waals surface area contributed by atoms with Crippen molar-refractivity contribution in [2.75, 3.05) is 18.2 Å². The van der Waals surface area contributed by atoms with Crippen molar-refractivity contribution in [1.29, 1.82) is 0 Å². The zero-order valence-corrected chi connectivity index (χ0v) is 20.8. The van der Waals surface area contributed by atoms with Gasteiger partial charge in [0, 0.05) is 5.33 Å². The lowest BCUT2D eigenvalue weighted by Gasteiger charge is -2.49. The van der Waals surface area contributed by atoms with Gasteiger partial charge in [-0.05, 0) is 28.8 Å². The van der Waals surface area contributed by atoms with Crippen molar-refractivity contribution in [3.05, 3.63) is 77.0 Å². The number of esters is 1. The first-order valence-corrected chi connectivity index (χ1v) is 13.0. The van der Waals surface area contributed by atoms with Gasteiger partial charge in [-0.25, -0.2) is 4.79 Å². The fraction of sp³-hybridized carbons (Fsp3) is 0.292. The molecule has 0 bridgehead atoms. The summed E-state index contributed by atoms with van der Waals surface area (Å²) in [5.74, 6) is -0.704. The van der Waals surface area contributed by atoms with Crippen LogP contribution in [-0.2, 0) is 42.9 Å². The highest BCUT2D eigenvalue weighted by atomic mass is 79.9. The van der Waals surface area contributed by atoms with E-state index in [1.165, 1.54) is 4.90 Å². The normalized spacial score (nSPS) is 21.4. The number of nitrogens with zero attached hydrogens (tertiary/aromatic N) is 1. The van der Waals surface area contributed by atoms with E-state index < -0.39 is 34.1 Å². The van der Waals surface area contributed by atoms with Crippen LogP contribution in [0.4, 0.5) is 0 Å². The molecular formula is C24H23BrN2O6S.